The van der Waals surface area contributed by atoms with Gasteiger partial charge in [-0.25, -0.2) is 0 Å². The van der Waals surface area contributed by atoms with Crippen molar-refractivity contribution >= 4 is 17.5 Å². The Balaban J connectivity index is 0.000000149. The lowest BCUT2D eigenvalue weighted by molar-refractivity contribution is -0.115. The van der Waals surface area contributed by atoms with Gasteiger partial charge in [-0.2, -0.15) is 0 Å². The molecule has 4 aliphatic carbocycles. The maximum absolute atomic E-state index is 9.46. The van der Waals surface area contributed by atoms with Crippen LogP contribution in [0.25, 0.3) is 0 Å². The summed E-state index contributed by atoms with van der Waals surface area (Å²) < 4.78 is 0. The lowest BCUT2D eigenvalue weighted by Gasteiger charge is -2.49. The molecule has 4 bridgehead atoms. The van der Waals surface area contributed by atoms with Crippen LogP contribution in [0.5, 0.6) is 0 Å². The van der Waals surface area contributed by atoms with Gasteiger partial charge in [0.2, 0.25) is 5.91 Å². The molecular formula is C12H20ClNO. The number of carbonyl (C=O) groups excluding carboxylic acids is 1. The highest BCUT2D eigenvalue weighted by Crippen LogP contribution is 2.53. The van der Waals surface area contributed by atoms with Crippen LogP contribution in [0.4, 0.5) is 0 Å². The predicted octanol–water partition coefficient (Wildman–Crippen LogP) is 2.54. The van der Waals surface area contributed by atoms with Crippen LogP contribution < -0.4 is 5.73 Å². The number of carbonyl (C=O) groups is 1. The minimum atomic E-state index is -0.480. The molecule has 1 amide bonds. The van der Waals surface area contributed by atoms with E-state index in [0.29, 0.717) is 0 Å². The second-order valence-corrected chi connectivity index (χ2v) is 5.75. The van der Waals surface area contributed by atoms with E-state index in [0.717, 1.165) is 0 Å². The van der Waals surface area contributed by atoms with Crippen LogP contribution in [0.15, 0.2) is 0 Å². The minimum absolute atomic E-state index is 0.0833. The molecule has 4 aliphatic rings. The van der Waals surface area contributed by atoms with E-state index in [4.69, 9.17) is 11.6 Å². The van der Waals surface area contributed by atoms with Crippen LogP contribution in [0.3, 0.4) is 0 Å². The molecule has 0 unspecified atom stereocenters. The molecule has 0 aromatic heterocycles. The number of primary amides is 1. The van der Waals surface area contributed by atoms with E-state index in [9.17, 15) is 4.79 Å². The number of amides is 1. The van der Waals surface area contributed by atoms with E-state index in [1.54, 1.807) is 38.5 Å². The highest BCUT2D eigenvalue weighted by atomic mass is 35.5. The molecule has 0 saturated heterocycles. The molecule has 3 heteroatoms. The number of hydrogen-bond acceptors (Lipinski definition) is 1. The zero-order valence-electron chi connectivity index (χ0n) is 9.12. The van der Waals surface area contributed by atoms with Crippen LogP contribution in [-0.4, -0.2) is 11.8 Å². The van der Waals surface area contributed by atoms with E-state index in [2.05, 4.69) is 5.73 Å². The fourth-order valence-corrected chi connectivity index (χ4v) is 3.98. The molecule has 86 valence electrons. The van der Waals surface area contributed by atoms with Gasteiger partial charge in [0.25, 0.3) is 0 Å². The van der Waals surface area contributed by atoms with Crippen molar-refractivity contribution in [3.63, 3.8) is 0 Å². The Bertz CT molecular complexity index is 185. The molecule has 4 saturated carbocycles. The predicted molar refractivity (Wildman–Crippen MR) is 61.6 cm³/mol. The van der Waals surface area contributed by atoms with Gasteiger partial charge in [0, 0.05) is 0 Å². The van der Waals surface area contributed by atoms with Crippen molar-refractivity contribution in [2.45, 2.75) is 38.5 Å². The number of rotatable bonds is 1. The molecule has 15 heavy (non-hydrogen) atoms. The monoisotopic (exact) mass is 229 g/mol. The first-order valence-corrected chi connectivity index (χ1v) is 6.55. The summed E-state index contributed by atoms with van der Waals surface area (Å²) in [4.78, 5) is 9.46. The molecule has 0 aliphatic heterocycles. The summed E-state index contributed by atoms with van der Waals surface area (Å²) in [6.07, 6.45) is 9.62. The first-order valence-electron chi connectivity index (χ1n) is 6.01. The third-order valence-electron chi connectivity index (χ3n) is 4.13. The van der Waals surface area contributed by atoms with Gasteiger partial charge in [-0.3, -0.25) is 4.79 Å². The zero-order chi connectivity index (χ0) is 10.8. The van der Waals surface area contributed by atoms with Gasteiger partial charge < -0.3 is 5.73 Å². The molecule has 0 heterocycles. The second kappa shape index (κ2) is 4.73. The zero-order valence-corrected chi connectivity index (χ0v) is 9.88. The Morgan fingerprint density at radius 2 is 1.13 bits per heavy atom. The van der Waals surface area contributed by atoms with E-state index in [1.165, 1.54) is 23.7 Å². The topological polar surface area (TPSA) is 43.1 Å². The maximum Gasteiger partial charge on any atom is 0.232 e. The van der Waals surface area contributed by atoms with Gasteiger partial charge in [0.15, 0.2) is 0 Å². The van der Waals surface area contributed by atoms with Crippen molar-refractivity contribution in [1.29, 1.82) is 0 Å². The second-order valence-electron chi connectivity index (χ2n) is 5.48. The number of alkyl halides is 1. The Labute approximate surface area is 96.5 Å². The molecule has 4 fully saturated rings. The fraction of sp³-hybridized carbons (Fsp3) is 0.917. The number of nitrogens with two attached hydrogens (primary N) is 1. The molecule has 0 atom stereocenters. The van der Waals surface area contributed by atoms with Crippen LogP contribution in [-0.2, 0) is 4.79 Å². The standard InChI is InChI=1S/C10H16.C2H4ClNO/c1-7-2-9-4-8(1)5-10(3-7)6-9;3-1-2(4)5/h7-10H,1-6H2;1H2,(H2,4,5). The van der Waals surface area contributed by atoms with Gasteiger partial charge in [-0.15, -0.1) is 11.6 Å². The SMILES string of the molecule is C1C2CC3CC1CC(C2)C3.NC(=O)CCl. The molecule has 2 N–H and O–H groups in total. The molecule has 0 spiro atoms. The molecule has 0 aromatic rings. The van der Waals surface area contributed by atoms with Crippen molar-refractivity contribution in [2.24, 2.45) is 29.4 Å². The Kier molecular flexibility index (Phi) is 3.55. The summed E-state index contributed by atoms with van der Waals surface area (Å²) in [6, 6.07) is 0. The smallest absolute Gasteiger partial charge is 0.232 e. The lowest BCUT2D eigenvalue weighted by Crippen LogP contribution is -2.38. The molecule has 2 nitrogen and oxygen atoms in total. The minimum Gasteiger partial charge on any atom is -0.369 e. The van der Waals surface area contributed by atoms with Crippen LogP contribution in [0, 0.1) is 23.7 Å². The third kappa shape index (κ3) is 2.87. The van der Waals surface area contributed by atoms with Gasteiger partial charge >= 0.3 is 0 Å². The van der Waals surface area contributed by atoms with Crippen LogP contribution in [0.2, 0.25) is 0 Å². The van der Waals surface area contributed by atoms with Gasteiger partial charge in [0.1, 0.15) is 5.88 Å². The Hall–Kier alpha value is -0.240. The highest BCUT2D eigenvalue weighted by Gasteiger charge is 2.41. The molecule has 0 radical (unpaired) electrons. The average Bonchev–Trinajstić information content (AvgIpc) is 2.16. The first kappa shape index (κ1) is 11.3. The van der Waals surface area contributed by atoms with Crippen molar-refractivity contribution in [2.75, 3.05) is 5.88 Å². The quantitative estimate of drug-likeness (QED) is 0.690. The van der Waals surface area contributed by atoms with Gasteiger partial charge in [-0.05, 0) is 62.2 Å². The molecule has 4 rings (SSSR count). The summed E-state index contributed by atoms with van der Waals surface area (Å²) in [5, 5.41) is 0. The summed E-state index contributed by atoms with van der Waals surface area (Å²) in [7, 11) is 0. The summed E-state index contributed by atoms with van der Waals surface area (Å²) in [6.45, 7) is 0. The Morgan fingerprint density at radius 1 is 0.933 bits per heavy atom. The largest absolute Gasteiger partial charge is 0.369 e. The maximum atomic E-state index is 9.46. The summed E-state index contributed by atoms with van der Waals surface area (Å²) in [5.74, 6) is 4.15. The van der Waals surface area contributed by atoms with E-state index >= 15 is 0 Å². The fourth-order valence-electron chi connectivity index (χ4n) is 3.98. The summed E-state index contributed by atoms with van der Waals surface area (Å²) in [5.41, 5.74) is 4.52. The van der Waals surface area contributed by atoms with Gasteiger partial charge in [0.05, 0.1) is 0 Å². The third-order valence-corrected chi connectivity index (χ3v) is 4.40. The van der Waals surface area contributed by atoms with Crippen molar-refractivity contribution in [3.8, 4) is 0 Å². The van der Waals surface area contributed by atoms with E-state index in [1.807, 2.05) is 0 Å². The average molecular weight is 230 g/mol. The van der Waals surface area contributed by atoms with E-state index < -0.39 is 5.91 Å². The van der Waals surface area contributed by atoms with Crippen molar-refractivity contribution in [1.82, 2.24) is 0 Å². The lowest BCUT2D eigenvalue weighted by atomic mass is 9.56. The van der Waals surface area contributed by atoms with Crippen molar-refractivity contribution in [3.05, 3.63) is 0 Å². The number of halogens is 1. The Morgan fingerprint density at radius 3 is 1.27 bits per heavy atom. The molecular weight excluding hydrogens is 210 g/mol. The van der Waals surface area contributed by atoms with Crippen LogP contribution in [0.1, 0.15) is 38.5 Å². The van der Waals surface area contributed by atoms with Gasteiger partial charge in [-0.1, -0.05) is 0 Å². The highest BCUT2D eigenvalue weighted by molar-refractivity contribution is 6.27. The normalized spacial score (nSPS) is 40.9. The van der Waals surface area contributed by atoms with Crippen LogP contribution >= 0.6 is 11.6 Å². The molecule has 0 aromatic carbocycles. The first-order chi connectivity index (χ1) is 7.17. The number of hydrogen-bond donors (Lipinski definition) is 1. The summed E-state index contributed by atoms with van der Waals surface area (Å²) >= 11 is 4.86. The van der Waals surface area contributed by atoms with E-state index in [-0.39, 0.29) is 5.88 Å². The van der Waals surface area contributed by atoms with Crippen molar-refractivity contribution < 1.29 is 4.79 Å².